The average molecular weight is 348 g/mol. The topological polar surface area (TPSA) is 24.1 Å². The minimum atomic E-state index is 0.359. The van der Waals surface area contributed by atoms with Crippen molar-refractivity contribution in [3.8, 4) is 0 Å². The van der Waals surface area contributed by atoms with Crippen LogP contribution < -0.4 is 10.9 Å². The van der Waals surface area contributed by atoms with Gasteiger partial charge in [0.1, 0.15) is 0 Å². The van der Waals surface area contributed by atoms with E-state index in [2.05, 4.69) is 37.7 Å². The third-order valence-electron chi connectivity index (χ3n) is 3.99. The first kappa shape index (κ1) is 16.8. The van der Waals surface area contributed by atoms with Gasteiger partial charge in [0, 0.05) is 10.7 Å². The molecule has 1 aliphatic carbocycles. The quantitative estimate of drug-likeness (QED) is 0.627. The van der Waals surface area contributed by atoms with Crippen molar-refractivity contribution in [1.82, 2.24) is 5.43 Å². The van der Waals surface area contributed by atoms with Crippen molar-refractivity contribution >= 4 is 40.5 Å². The van der Waals surface area contributed by atoms with Gasteiger partial charge in [-0.15, -0.1) is 0 Å². The molecule has 5 heteroatoms. The van der Waals surface area contributed by atoms with Crippen LogP contribution in [0.25, 0.3) is 0 Å². The third-order valence-corrected chi connectivity index (χ3v) is 4.80. The highest BCUT2D eigenvalue weighted by Gasteiger charge is 2.26. The van der Waals surface area contributed by atoms with E-state index in [0.717, 1.165) is 18.8 Å². The summed E-state index contributed by atoms with van der Waals surface area (Å²) in [6.07, 6.45) is 5.56. The Bertz CT molecular complexity index is 524. The van der Waals surface area contributed by atoms with Gasteiger partial charge in [0.15, 0.2) is 0 Å². The summed E-state index contributed by atoms with van der Waals surface area (Å²) in [6, 6.07) is 3.34. The van der Waals surface area contributed by atoms with E-state index in [9.17, 15) is 0 Å². The normalized spacial score (nSPS) is 19.1. The molecule has 0 aliphatic heterocycles. The molecule has 0 saturated heterocycles. The van der Waals surface area contributed by atoms with Crippen LogP contribution in [0.4, 0.5) is 5.69 Å². The number of anilines is 1. The number of allylic oxidation sites excluding steroid dienone is 2. The fourth-order valence-corrected chi connectivity index (χ4v) is 3.45. The van der Waals surface area contributed by atoms with Crippen LogP contribution in [-0.4, -0.2) is 0 Å². The molecule has 1 atom stereocenters. The van der Waals surface area contributed by atoms with E-state index in [0.29, 0.717) is 26.2 Å². The lowest BCUT2D eigenvalue weighted by Gasteiger charge is -2.33. The van der Waals surface area contributed by atoms with E-state index in [1.807, 2.05) is 0 Å². The van der Waals surface area contributed by atoms with Crippen molar-refractivity contribution in [1.29, 1.82) is 0 Å². The van der Waals surface area contributed by atoms with Crippen molar-refractivity contribution in [3.63, 3.8) is 0 Å². The van der Waals surface area contributed by atoms with E-state index in [-0.39, 0.29) is 0 Å². The summed E-state index contributed by atoms with van der Waals surface area (Å²) in [5.74, 6) is 0.728. The Morgan fingerprint density at radius 3 is 2.14 bits per heavy atom. The highest BCUT2D eigenvalue weighted by Crippen LogP contribution is 2.37. The minimum absolute atomic E-state index is 0.359. The maximum atomic E-state index is 6.14. The van der Waals surface area contributed by atoms with Crippen molar-refractivity contribution in [3.05, 3.63) is 39.0 Å². The van der Waals surface area contributed by atoms with Crippen molar-refractivity contribution < 1.29 is 0 Å². The van der Waals surface area contributed by atoms with Gasteiger partial charge in [0.25, 0.3) is 0 Å². The van der Waals surface area contributed by atoms with Gasteiger partial charge >= 0.3 is 0 Å². The van der Waals surface area contributed by atoms with Gasteiger partial charge in [-0.2, -0.15) is 0 Å². The molecule has 0 heterocycles. The van der Waals surface area contributed by atoms with E-state index >= 15 is 0 Å². The van der Waals surface area contributed by atoms with E-state index in [4.69, 9.17) is 34.8 Å². The Labute approximate surface area is 141 Å². The van der Waals surface area contributed by atoms with Crippen LogP contribution in [0.3, 0.4) is 0 Å². The molecule has 0 bridgehead atoms. The zero-order valence-electron chi connectivity index (χ0n) is 12.6. The predicted molar refractivity (Wildman–Crippen MR) is 93.1 cm³/mol. The molecule has 1 aliphatic rings. The molecule has 21 heavy (non-hydrogen) atoms. The van der Waals surface area contributed by atoms with E-state index in [1.54, 1.807) is 12.1 Å². The Kier molecular flexibility index (Phi) is 5.34. The summed E-state index contributed by atoms with van der Waals surface area (Å²) in [7, 11) is 0. The molecule has 2 rings (SSSR count). The molecule has 0 unspecified atom stereocenters. The molecule has 0 spiro atoms. The number of rotatable bonds is 3. The number of hydrogen-bond donors (Lipinski definition) is 2. The fourth-order valence-electron chi connectivity index (χ4n) is 2.54. The number of halogens is 3. The molecule has 0 radical (unpaired) electrons. The highest BCUT2D eigenvalue weighted by atomic mass is 35.5. The number of nitrogens with one attached hydrogen (secondary N) is 2. The molecule has 2 nitrogen and oxygen atoms in total. The molecule has 0 saturated carbocycles. The Morgan fingerprint density at radius 2 is 1.67 bits per heavy atom. The molecule has 1 aromatic rings. The summed E-state index contributed by atoms with van der Waals surface area (Å²) >= 11 is 18.2. The number of benzene rings is 1. The molecule has 116 valence electrons. The van der Waals surface area contributed by atoms with Crippen molar-refractivity contribution in [2.24, 2.45) is 11.3 Å². The summed E-state index contributed by atoms with van der Waals surface area (Å²) in [5.41, 5.74) is 8.49. The first-order valence-electron chi connectivity index (χ1n) is 7.13. The second-order valence-corrected chi connectivity index (χ2v) is 7.81. The Morgan fingerprint density at radius 1 is 1.05 bits per heavy atom. The molecular weight excluding hydrogens is 327 g/mol. The van der Waals surface area contributed by atoms with Gasteiger partial charge in [-0.3, -0.25) is 5.43 Å². The molecular formula is C16H21Cl3N2. The smallest absolute Gasteiger partial charge is 0.0913 e. The highest BCUT2D eigenvalue weighted by molar-refractivity contribution is 6.41. The molecule has 0 amide bonds. The molecule has 0 aromatic heterocycles. The summed E-state index contributed by atoms with van der Waals surface area (Å²) in [5, 5.41) is 1.54. The van der Waals surface area contributed by atoms with Gasteiger partial charge in [-0.25, -0.2) is 0 Å². The van der Waals surface area contributed by atoms with Crippen LogP contribution in [0, 0.1) is 11.3 Å². The van der Waals surface area contributed by atoms with Crippen LogP contribution >= 0.6 is 34.8 Å². The monoisotopic (exact) mass is 346 g/mol. The summed E-state index contributed by atoms with van der Waals surface area (Å²) < 4.78 is 0. The molecule has 0 fully saturated rings. The van der Waals surface area contributed by atoms with Crippen LogP contribution in [0.15, 0.2) is 23.9 Å². The Balaban J connectivity index is 1.98. The summed E-state index contributed by atoms with van der Waals surface area (Å²) in [4.78, 5) is 0. The standard InChI is InChI=1S/C16H21Cl3N2/c1-16(2,3)10-4-6-12(7-5-10)20-21-15-13(18)8-11(17)9-14(15)19/h6,8-10,20-21H,4-5,7H2,1-3H3/t10-/m0/s1. The maximum Gasteiger partial charge on any atom is 0.0913 e. The largest absolute Gasteiger partial charge is 0.305 e. The third kappa shape index (κ3) is 4.45. The first-order chi connectivity index (χ1) is 9.77. The minimum Gasteiger partial charge on any atom is -0.305 e. The molecule has 2 N–H and O–H groups in total. The SMILES string of the molecule is CC(C)(C)[C@H]1CC=C(NNc2c(Cl)cc(Cl)cc2Cl)CC1. The lowest BCUT2D eigenvalue weighted by molar-refractivity contribution is 0.219. The predicted octanol–water partition coefficient (Wildman–Crippen LogP) is 6.29. The summed E-state index contributed by atoms with van der Waals surface area (Å²) in [6.45, 7) is 6.90. The van der Waals surface area contributed by atoms with Crippen molar-refractivity contribution in [2.45, 2.75) is 40.0 Å². The second kappa shape index (κ2) is 6.68. The van der Waals surface area contributed by atoms with Gasteiger partial charge in [-0.05, 0) is 42.7 Å². The zero-order valence-corrected chi connectivity index (χ0v) is 14.8. The van der Waals surface area contributed by atoms with E-state index in [1.165, 1.54) is 12.1 Å². The lowest BCUT2D eigenvalue weighted by atomic mass is 9.74. The first-order valence-corrected chi connectivity index (χ1v) is 8.26. The van der Waals surface area contributed by atoms with Gasteiger partial charge in [0.2, 0.25) is 0 Å². The fraction of sp³-hybridized carbons (Fsp3) is 0.500. The van der Waals surface area contributed by atoms with Crippen LogP contribution in [0.5, 0.6) is 0 Å². The maximum absolute atomic E-state index is 6.14. The van der Waals surface area contributed by atoms with Gasteiger partial charge in [0.05, 0.1) is 15.7 Å². The molecule has 1 aromatic carbocycles. The van der Waals surface area contributed by atoms with Gasteiger partial charge in [-0.1, -0.05) is 61.7 Å². The van der Waals surface area contributed by atoms with Gasteiger partial charge < -0.3 is 5.43 Å². The number of hydrazine groups is 1. The zero-order chi connectivity index (χ0) is 15.6. The van der Waals surface area contributed by atoms with Crippen LogP contribution in [-0.2, 0) is 0 Å². The Hall–Kier alpha value is -0.570. The van der Waals surface area contributed by atoms with Crippen LogP contribution in [0.1, 0.15) is 40.0 Å². The van der Waals surface area contributed by atoms with E-state index < -0.39 is 0 Å². The second-order valence-electron chi connectivity index (χ2n) is 6.56. The lowest BCUT2D eigenvalue weighted by Crippen LogP contribution is -2.27. The number of hydrogen-bond acceptors (Lipinski definition) is 2. The van der Waals surface area contributed by atoms with Crippen molar-refractivity contribution in [2.75, 3.05) is 5.43 Å². The van der Waals surface area contributed by atoms with Crippen LogP contribution in [0.2, 0.25) is 15.1 Å². The average Bonchev–Trinajstić information content (AvgIpc) is 2.37.